The molecule has 0 saturated heterocycles. The standard InChI is InChI=1S/C14H17NO2/c1-10(2)8-11-4-6-12(7-5-11)14(3,9-15)13(16)17/h4-7,10H,8H2,1-3H3,(H,16,17). The highest BCUT2D eigenvalue weighted by Crippen LogP contribution is 2.24. The Bertz CT molecular complexity index is 442. The van der Waals surface area contributed by atoms with Crippen LogP contribution < -0.4 is 0 Å². The summed E-state index contributed by atoms with van der Waals surface area (Å²) < 4.78 is 0. The maximum Gasteiger partial charge on any atom is 0.328 e. The maximum absolute atomic E-state index is 11.1. The molecule has 3 nitrogen and oxygen atoms in total. The average molecular weight is 231 g/mol. The lowest BCUT2D eigenvalue weighted by Crippen LogP contribution is -2.30. The van der Waals surface area contributed by atoms with E-state index < -0.39 is 11.4 Å². The highest BCUT2D eigenvalue weighted by Gasteiger charge is 2.35. The predicted molar refractivity (Wildman–Crippen MR) is 65.6 cm³/mol. The molecule has 0 aliphatic carbocycles. The quantitative estimate of drug-likeness (QED) is 0.866. The number of hydrogen-bond acceptors (Lipinski definition) is 2. The van der Waals surface area contributed by atoms with E-state index in [9.17, 15) is 4.79 Å². The number of nitrogens with zero attached hydrogens (tertiary/aromatic N) is 1. The number of benzene rings is 1. The topological polar surface area (TPSA) is 61.1 Å². The molecule has 0 aromatic heterocycles. The SMILES string of the molecule is CC(C)Cc1ccc(C(C)(C#N)C(=O)O)cc1. The van der Waals surface area contributed by atoms with Crippen molar-refractivity contribution < 1.29 is 9.90 Å². The first-order chi connectivity index (χ1) is 7.90. The molecular formula is C14H17NO2. The number of nitriles is 1. The Balaban J connectivity index is 3.02. The smallest absolute Gasteiger partial charge is 0.328 e. The molecule has 0 heterocycles. The van der Waals surface area contributed by atoms with Crippen LogP contribution in [-0.4, -0.2) is 11.1 Å². The van der Waals surface area contributed by atoms with Gasteiger partial charge in [-0.05, 0) is 30.4 Å². The fourth-order valence-electron chi connectivity index (χ4n) is 1.68. The Hall–Kier alpha value is -1.82. The molecule has 0 spiro atoms. The molecule has 3 heteroatoms. The molecule has 1 aromatic carbocycles. The van der Waals surface area contributed by atoms with Crippen molar-refractivity contribution in [2.45, 2.75) is 32.6 Å². The predicted octanol–water partition coefficient (Wildman–Crippen LogP) is 2.75. The monoisotopic (exact) mass is 231 g/mol. The van der Waals surface area contributed by atoms with E-state index in [4.69, 9.17) is 10.4 Å². The number of carboxylic acid groups (broad SMARTS) is 1. The van der Waals surface area contributed by atoms with E-state index >= 15 is 0 Å². The van der Waals surface area contributed by atoms with Crippen molar-refractivity contribution in [3.63, 3.8) is 0 Å². The first-order valence-corrected chi connectivity index (χ1v) is 5.64. The third-order valence-electron chi connectivity index (χ3n) is 2.83. The molecular weight excluding hydrogens is 214 g/mol. The van der Waals surface area contributed by atoms with Crippen LogP contribution in [0.2, 0.25) is 0 Å². The minimum atomic E-state index is -1.46. The van der Waals surface area contributed by atoms with Crippen LogP contribution in [0.15, 0.2) is 24.3 Å². The van der Waals surface area contributed by atoms with Gasteiger partial charge in [0, 0.05) is 0 Å². The Morgan fingerprint density at radius 3 is 2.29 bits per heavy atom. The zero-order valence-electron chi connectivity index (χ0n) is 10.4. The summed E-state index contributed by atoms with van der Waals surface area (Å²) in [5, 5.41) is 18.1. The number of hydrogen-bond donors (Lipinski definition) is 1. The van der Waals surface area contributed by atoms with Gasteiger partial charge in [-0.1, -0.05) is 38.1 Å². The molecule has 1 N–H and O–H groups in total. The third kappa shape index (κ3) is 2.85. The lowest BCUT2D eigenvalue weighted by molar-refractivity contribution is -0.141. The van der Waals surface area contributed by atoms with Gasteiger partial charge in [-0.3, -0.25) is 4.79 Å². The maximum atomic E-state index is 11.1. The summed E-state index contributed by atoms with van der Waals surface area (Å²) in [4.78, 5) is 11.1. The van der Waals surface area contributed by atoms with E-state index in [-0.39, 0.29) is 0 Å². The molecule has 0 aliphatic rings. The summed E-state index contributed by atoms with van der Waals surface area (Å²) in [6, 6.07) is 9.11. The van der Waals surface area contributed by atoms with Crippen molar-refractivity contribution >= 4 is 5.97 Å². The van der Waals surface area contributed by atoms with Gasteiger partial charge in [0.2, 0.25) is 0 Å². The van der Waals surface area contributed by atoms with Crippen LogP contribution in [0, 0.1) is 17.2 Å². The molecule has 0 fully saturated rings. The highest BCUT2D eigenvalue weighted by molar-refractivity contribution is 5.84. The molecule has 0 saturated carbocycles. The molecule has 1 unspecified atom stereocenters. The zero-order valence-corrected chi connectivity index (χ0v) is 10.4. The number of rotatable bonds is 4. The number of carboxylic acids is 1. The van der Waals surface area contributed by atoms with Crippen molar-refractivity contribution in [1.29, 1.82) is 5.26 Å². The Morgan fingerprint density at radius 2 is 1.94 bits per heavy atom. The minimum absolute atomic E-state index is 0.528. The normalized spacial score (nSPS) is 14.1. The van der Waals surface area contributed by atoms with Gasteiger partial charge in [0.15, 0.2) is 5.41 Å². The van der Waals surface area contributed by atoms with Crippen LogP contribution in [0.25, 0.3) is 0 Å². The Labute approximate surface area is 102 Å². The summed E-state index contributed by atoms with van der Waals surface area (Å²) in [5.74, 6) is -0.556. The van der Waals surface area contributed by atoms with E-state index in [1.807, 2.05) is 18.2 Å². The second kappa shape index (κ2) is 5.01. The summed E-state index contributed by atoms with van der Waals surface area (Å²) in [6.45, 7) is 5.68. The fraction of sp³-hybridized carbons (Fsp3) is 0.429. The van der Waals surface area contributed by atoms with E-state index in [1.54, 1.807) is 12.1 Å². The van der Waals surface area contributed by atoms with Crippen molar-refractivity contribution in [1.82, 2.24) is 0 Å². The molecule has 17 heavy (non-hydrogen) atoms. The van der Waals surface area contributed by atoms with Crippen LogP contribution >= 0.6 is 0 Å². The number of carbonyl (C=O) groups is 1. The molecule has 0 amide bonds. The largest absolute Gasteiger partial charge is 0.480 e. The second-order valence-electron chi connectivity index (χ2n) is 4.84. The third-order valence-corrected chi connectivity index (χ3v) is 2.83. The van der Waals surface area contributed by atoms with Crippen LogP contribution in [0.4, 0.5) is 0 Å². The molecule has 1 aromatic rings. The number of aliphatic carboxylic acids is 1. The van der Waals surface area contributed by atoms with Gasteiger partial charge in [0.25, 0.3) is 0 Å². The van der Waals surface area contributed by atoms with E-state index in [0.29, 0.717) is 11.5 Å². The van der Waals surface area contributed by atoms with Crippen molar-refractivity contribution in [2.75, 3.05) is 0 Å². The summed E-state index contributed by atoms with van der Waals surface area (Å²) in [6.07, 6.45) is 0.955. The Morgan fingerprint density at radius 1 is 1.41 bits per heavy atom. The second-order valence-corrected chi connectivity index (χ2v) is 4.84. The summed E-state index contributed by atoms with van der Waals surface area (Å²) in [7, 11) is 0. The van der Waals surface area contributed by atoms with Crippen molar-refractivity contribution in [2.24, 2.45) is 5.92 Å². The Kier molecular flexibility index (Phi) is 3.90. The zero-order chi connectivity index (χ0) is 13.1. The van der Waals surface area contributed by atoms with E-state index in [0.717, 1.165) is 12.0 Å². The van der Waals surface area contributed by atoms with Crippen LogP contribution in [-0.2, 0) is 16.6 Å². The average Bonchev–Trinajstić information content (AvgIpc) is 2.28. The summed E-state index contributed by atoms with van der Waals surface area (Å²) in [5.41, 5.74) is 0.227. The first-order valence-electron chi connectivity index (χ1n) is 5.64. The highest BCUT2D eigenvalue weighted by atomic mass is 16.4. The molecule has 90 valence electrons. The first kappa shape index (κ1) is 13.2. The lowest BCUT2D eigenvalue weighted by atomic mass is 9.83. The van der Waals surface area contributed by atoms with Crippen LogP contribution in [0.5, 0.6) is 0 Å². The minimum Gasteiger partial charge on any atom is -0.480 e. The molecule has 1 rings (SSSR count). The van der Waals surface area contributed by atoms with Gasteiger partial charge in [0.1, 0.15) is 0 Å². The fourth-order valence-corrected chi connectivity index (χ4v) is 1.68. The van der Waals surface area contributed by atoms with Gasteiger partial charge in [-0.2, -0.15) is 5.26 Å². The van der Waals surface area contributed by atoms with Gasteiger partial charge >= 0.3 is 5.97 Å². The van der Waals surface area contributed by atoms with Crippen LogP contribution in [0.1, 0.15) is 31.9 Å². The lowest BCUT2D eigenvalue weighted by Gasteiger charge is -2.17. The molecule has 0 aliphatic heterocycles. The van der Waals surface area contributed by atoms with Crippen molar-refractivity contribution in [3.05, 3.63) is 35.4 Å². The molecule has 1 atom stereocenters. The van der Waals surface area contributed by atoms with Gasteiger partial charge in [0.05, 0.1) is 6.07 Å². The summed E-state index contributed by atoms with van der Waals surface area (Å²) >= 11 is 0. The van der Waals surface area contributed by atoms with Gasteiger partial charge in [-0.15, -0.1) is 0 Å². The van der Waals surface area contributed by atoms with E-state index in [1.165, 1.54) is 6.92 Å². The van der Waals surface area contributed by atoms with Gasteiger partial charge < -0.3 is 5.11 Å². The van der Waals surface area contributed by atoms with Crippen molar-refractivity contribution in [3.8, 4) is 6.07 Å². The molecule has 0 radical (unpaired) electrons. The molecule has 0 bridgehead atoms. The van der Waals surface area contributed by atoms with Gasteiger partial charge in [-0.25, -0.2) is 0 Å². The van der Waals surface area contributed by atoms with Crippen LogP contribution in [0.3, 0.4) is 0 Å². The van der Waals surface area contributed by atoms with E-state index in [2.05, 4.69) is 13.8 Å².